The van der Waals surface area contributed by atoms with Gasteiger partial charge in [-0.2, -0.15) is 0 Å². The summed E-state index contributed by atoms with van der Waals surface area (Å²) in [6, 6.07) is 10.5. The lowest BCUT2D eigenvalue weighted by Crippen LogP contribution is -2.33. The van der Waals surface area contributed by atoms with E-state index in [-0.39, 0.29) is 11.3 Å². The van der Waals surface area contributed by atoms with Crippen molar-refractivity contribution in [2.45, 2.75) is 51.9 Å². The van der Waals surface area contributed by atoms with E-state index in [4.69, 9.17) is 0 Å². The molecule has 1 aromatic rings. The van der Waals surface area contributed by atoms with Gasteiger partial charge in [0.15, 0.2) is 0 Å². The Morgan fingerprint density at radius 3 is 2.30 bits per heavy atom. The highest BCUT2D eigenvalue weighted by atomic mass is 19.3. The topological polar surface area (TPSA) is 0 Å². The molecule has 1 atom stereocenters. The number of hydrogen-bond acceptors (Lipinski definition) is 0. The summed E-state index contributed by atoms with van der Waals surface area (Å²) in [7, 11) is 0. The van der Waals surface area contributed by atoms with Crippen LogP contribution in [0.3, 0.4) is 0 Å². The molecule has 0 aliphatic heterocycles. The maximum atomic E-state index is 12.9. The Balaban J connectivity index is 1.70. The first kappa shape index (κ1) is 16.4. The maximum absolute atomic E-state index is 12.9. The fraction of sp³-hybridized carbons (Fsp3) is 0.524. The van der Waals surface area contributed by atoms with Crippen LogP contribution in [0.15, 0.2) is 48.6 Å². The van der Waals surface area contributed by atoms with Gasteiger partial charge in [0.25, 0.3) is 0 Å². The van der Waals surface area contributed by atoms with Crippen molar-refractivity contribution in [2.75, 3.05) is 0 Å². The smallest absolute Gasteiger partial charge is 0.210 e. The molecule has 2 heteroatoms. The normalized spacial score (nSPS) is 31.2. The third-order valence-corrected chi connectivity index (χ3v) is 6.00. The number of allylic oxidation sites excluding steroid dienone is 4. The molecule has 0 radical (unpaired) electrons. The standard InChI is InChI=1S/C21H26F2/c1-2-21(19-10-8-18(9-11-19)20(22)23)14-12-17(13-15-21)16-6-4-3-5-7-16/h3-7,12-14,18-20H,2,8-11,15H2,1H3. The van der Waals surface area contributed by atoms with E-state index in [1.165, 1.54) is 11.1 Å². The van der Waals surface area contributed by atoms with Crippen LogP contribution < -0.4 is 0 Å². The van der Waals surface area contributed by atoms with E-state index in [2.05, 4.69) is 49.4 Å². The first-order valence-electron chi connectivity index (χ1n) is 8.87. The van der Waals surface area contributed by atoms with Crippen molar-refractivity contribution < 1.29 is 8.78 Å². The lowest BCUT2D eigenvalue weighted by atomic mass is 9.62. The second kappa shape index (κ2) is 6.98. The molecule has 1 fully saturated rings. The molecule has 0 aromatic heterocycles. The van der Waals surface area contributed by atoms with E-state index >= 15 is 0 Å². The van der Waals surface area contributed by atoms with E-state index in [9.17, 15) is 8.78 Å². The number of halogens is 2. The Kier molecular flexibility index (Phi) is 4.99. The van der Waals surface area contributed by atoms with E-state index in [0.29, 0.717) is 18.8 Å². The van der Waals surface area contributed by atoms with Crippen molar-refractivity contribution in [1.82, 2.24) is 0 Å². The predicted octanol–water partition coefficient (Wildman–Crippen LogP) is 6.50. The van der Waals surface area contributed by atoms with E-state index < -0.39 is 6.43 Å². The maximum Gasteiger partial charge on any atom is 0.241 e. The van der Waals surface area contributed by atoms with Gasteiger partial charge in [0, 0.05) is 5.92 Å². The minimum atomic E-state index is -2.14. The summed E-state index contributed by atoms with van der Waals surface area (Å²) < 4.78 is 25.8. The third-order valence-electron chi connectivity index (χ3n) is 6.00. The van der Waals surface area contributed by atoms with Gasteiger partial charge in [0.05, 0.1) is 0 Å². The summed E-state index contributed by atoms with van der Waals surface area (Å²) in [6.07, 6.45) is 10.2. The Morgan fingerprint density at radius 1 is 1.09 bits per heavy atom. The van der Waals surface area contributed by atoms with Gasteiger partial charge < -0.3 is 0 Å². The number of hydrogen-bond donors (Lipinski definition) is 0. The molecule has 1 unspecified atom stereocenters. The van der Waals surface area contributed by atoms with E-state index in [0.717, 1.165) is 25.7 Å². The molecule has 0 amide bonds. The highest BCUT2D eigenvalue weighted by Gasteiger charge is 2.39. The second-order valence-electron chi connectivity index (χ2n) is 7.10. The summed E-state index contributed by atoms with van der Waals surface area (Å²) in [6.45, 7) is 2.24. The average Bonchev–Trinajstić information content (AvgIpc) is 2.62. The van der Waals surface area contributed by atoms with Crippen LogP contribution in [0.2, 0.25) is 0 Å². The molecule has 0 saturated heterocycles. The molecule has 1 aromatic carbocycles. The van der Waals surface area contributed by atoms with Crippen molar-refractivity contribution in [3.05, 3.63) is 54.1 Å². The average molecular weight is 316 g/mol. The van der Waals surface area contributed by atoms with Crippen LogP contribution in [0.5, 0.6) is 0 Å². The van der Waals surface area contributed by atoms with Crippen LogP contribution in [0, 0.1) is 17.3 Å². The van der Waals surface area contributed by atoms with Crippen molar-refractivity contribution >= 4 is 5.57 Å². The van der Waals surface area contributed by atoms with Gasteiger partial charge in [0.2, 0.25) is 6.43 Å². The van der Waals surface area contributed by atoms with E-state index in [1.54, 1.807) is 0 Å². The second-order valence-corrected chi connectivity index (χ2v) is 7.10. The molecule has 3 rings (SSSR count). The molecular weight excluding hydrogens is 290 g/mol. The molecule has 2 aliphatic rings. The minimum absolute atomic E-state index is 0.172. The van der Waals surface area contributed by atoms with Crippen molar-refractivity contribution in [3.63, 3.8) is 0 Å². The van der Waals surface area contributed by atoms with Gasteiger partial charge in [-0.3, -0.25) is 0 Å². The Bertz CT molecular complexity index is 565. The summed E-state index contributed by atoms with van der Waals surface area (Å²) in [5, 5.41) is 0. The lowest BCUT2D eigenvalue weighted by molar-refractivity contribution is 0.0293. The van der Waals surface area contributed by atoms with Gasteiger partial charge in [-0.15, -0.1) is 0 Å². The monoisotopic (exact) mass is 316 g/mol. The predicted molar refractivity (Wildman–Crippen MR) is 92.4 cm³/mol. The highest BCUT2D eigenvalue weighted by Crippen LogP contribution is 2.49. The lowest BCUT2D eigenvalue weighted by Gasteiger charge is -2.43. The highest BCUT2D eigenvalue weighted by molar-refractivity contribution is 5.75. The molecule has 2 aliphatic carbocycles. The van der Waals surface area contributed by atoms with E-state index in [1.807, 2.05) is 6.07 Å². The molecule has 0 N–H and O–H groups in total. The molecular formula is C21H26F2. The molecule has 124 valence electrons. The van der Waals surface area contributed by atoms with Crippen molar-refractivity contribution in [1.29, 1.82) is 0 Å². The minimum Gasteiger partial charge on any atom is -0.210 e. The fourth-order valence-corrected chi connectivity index (χ4v) is 4.34. The summed E-state index contributed by atoms with van der Waals surface area (Å²) >= 11 is 0. The van der Waals surface area contributed by atoms with Gasteiger partial charge in [-0.05, 0) is 61.0 Å². The molecule has 1 saturated carbocycles. The summed E-state index contributed by atoms with van der Waals surface area (Å²) in [4.78, 5) is 0. The Hall–Kier alpha value is -1.44. The number of alkyl halides is 2. The fourth-order valence-electron chi connectivity index (χ4n) is 4.34. The largest absolute Gasteiger partial charge is 0.241 e. The van der Waals surface area contributed by atoms with Crippen LogP contribution in [-0.4, -0.2) is 6.43 Å². The number of benzene rings is 1. The molecule has 0 nitrogen and oxygen atoms in total. The zero-order valence-electron chi connectivity index (χ0n) is 13.8. The van der Waals surface area contributed by atoms with Gasteiger partial charge in [0.1, 0.15) is 0 Å². The third kappa shape index (κ3) is 3.41. The van der Waals surface area contributed by atoms with Crippen LogP contribution in [-0.2, 0) is 0 Å². The summed E-state index contributed by atoms with van der Waals surface area (Å²) in [5.41, 5.74) is 2.72. The summed E-state index contributed by atoms with van der Waals surface area (Å²) in [5.74, 6) is 0.176. The molecule has 0 bridgehead atoms. The Morgan fingerprint density at radius 2 is 1.78 bits per heavy atom. The molecule has 23 heavy (non-hydrogen) atoms. The Labute approximate surface area is 138 Å². The zero-order valence-corrected chi connectivity index (χ0v) is 13.8. The van der Waals surface area contributed by atoms with Crippen LogP contribution in [0.4, 0.5) is 8.78 Å². The van der Waals surface area contributed by atoms with Crippen molar-refractivity contribution in [3.8, 4) is 0 Å². The molecule has 0 heterocycles. The zero-order chi connectivity index (χ0) is 16.3. The first-order valence-corrected chi connectivity index (χ1v) is 8.87. The number of rotatable bonds is 4. The quantitative estimate of drug-likeness (QED) is 0.595. The van der Waals surface area contributed by atoms with Gasteiger partial charge in [-0.25, -0.2) is 8.78 Å². The van der Waals surface area contributed by atoms with Crippen LogP contribution in [0.25, 0.3) is 5.57 Å². The van der Waals surface area contributed by atoms with Crippen LogP contribution in [0.1, 0.15) is 51.0 Å². The van der Waals surface area contributed by atoms with Gasteiger partial charge in [-0.1, -0.05) is 55.5 Å². The SMILES string of the molecule is CCC1(C2CCC(C(F)F)CC2)C=CC(c2ccccc2)=CC1. The van der Waals surface area contributed by atoms with Gasteiger partial charge >= 0.3 is 0 Å². The first-order chi connectivity index (χ1) is 11.1. The van der Waals surface area contributed by atoms with Crippen LogP contribution >= 0.6 is 0 Å². The molecule has 0 spiro atoms. The van der Waals surface area contributed by atoms with Crippen molar-refractivity contribution in [2.24, 2.45) is 17.3 Å².